The third-order valence-corrected chi connectivity index (χ3v) is 3.75. The molecule has 2 heterocycles. The maximum atomic E-state index is 10.9. The van der Waals surface area contributed by atoms with E-state index in [1.807, 2.05) is 29.2 Å². The van der Waals surface area contributed by atoms with Crippen molar-refractivity contribution < 1.29 is 9.90 Å². The molecule has 104 valence electrons. The minimum absolute atomic E-state index is 0.383. The Morgan fingerprint density at radius 2 is 1.75 bits per heavy atom. The number of rotatable bonds is 1. The second-order valence-electron chi connectivity index (χ2n) is 4.62. The Morgan fingerprint density at radius 3 is 2.40 bits per heavy atom. The van der Waals surface area contributed by atoms with E-state index in [9.17, 15) is 4.79 Å². The molecule has 1 aromatic heterocycles. The van der Waals surface area contributed by atoms with Gasteiger partial charge in [-0.15, -0.1) is 10.2 Å². The highest BCUT2D eigenvalue weighted by Gasteiger charge is 2.23. The van der Waals surface area contributed by atoms with Gasteiger partial charge in [0.2, 0.25) is 0 Å². The van der Waals surface area contributed by atoms with E-state index in [4.69, 9.17) is 16.7 Å². The van der Waals surface area contributed by atoms with Crippen LogP contribution in [-0.2, 0) is 0 Å². The van der Waals surface area contributed by atoms with Gasteiger partial charge >= 0.3 is 6.09 Å². The van der Waals surface area contributed by atoms with Gasteiger partial charge < -0.3 is 14.9 Å². The lowest BCUT2D eigenvalue weighted by Crippen LogP contribution is -2.48. The van der Waals surface area contributed by atoms with Crippen molar-refractivity contribution in [2.75, 3.05) is 31.1 Å². The topological polar surface area (TPSA) is 69.6 Å². The molecule has 1 N–H and O–H groups in total. The number of aromatic nitrogens is 2. The van der Waals surface area contributed by atoms with Gasteiger partial charge in [-0.2, -0.15) is 0 Å². The van der Waals surface area contributed by atoms with E-state index in [1.54, 1.807) is 0 Å². The van der Waals surface area contributed by atoms with E-state index in [0.29, 0.717) is 31.3 Å². The molecule has 0 saturated carbocycles. The van der Waals surface area contributed by atoms with Crippen LogP contribution in [-0.4, -0.2) is 52.5 Å². The molecule has 1 fully saturated rings. The summed E-state index contributed by atoms with van der Waals surface area (Å²) >= 11 is 6.05. The standard InChI is InChI=1S/C13H13ClN4O2/c14-11-9-3-1-2-4-10(9)12(16-15-11)17-5-7-18(8-6-17)13(19)20/h1-4H,5-8H2,(H,19,20). The van der Waals surface area contributed by atoms with Crippen LogP contribution < -0.4 is 4.90 Å². The van der Waals surface area contributed by atoms with Crippen LogP contribution in [0.3, 0.4) is 0 Å². The Kier molecular flexibility index (Phi) is 3.31. The van der Waals surface area contributed by atoms with Gasteiger partial charge in [0.25, 0.3) is 0 Å². The average molecular weight is 293 g/mol. The molecule has 0 aliphatic carbocycles. The maximum Gasteiger partial charge on any atom is 0.407 e. The molecule has 2 aromatic rings. The lowest BCUT2D eigenvalue weighted by molar-refractivity contribution is 0.142. The molecule has 6 nitrogen and oxygen atoms in total. The van der Waals surface area contributed by atoms with Gasteiger partial charge in [0.15, 0.2) is 11.0 Å². The second kappa shape index (κ2) is 5.13. The molecule has 0 bridgehead atoms. The number of piperazine rings is 1. The summed E-state index contributed by atoms with van der Waals surface area (Å²) < 4.78 is 0. The number of hydrogen-bond acceptors (Lipinski definition) is 4. The Morgan fingerprint density at radius 1 is 1.10 bits per heavy atom. The maximum absolute atomic E-state index is 10.9. The molecule has 0 spiro atoms. The molecule has 3 rings (SSSR count). The van der Waals surface area contributed by atoms with E-state index < -0.39 is 6.09 Å². The van der Waals surface area contributed by atoms with Gasteiger partial charge in [-0.25, -0.2) is 4.79 Å². The first kappa shape index (κ1) is 12.9. The smallest absolute Gasteiger partial charge is 0.407 e. The van der Waals surface area contributed by atoms with Crippen LogP contribution in [0.4, 0.5) is 10.6 Å². The number of benzene rings is 1. The van der Waals surface area contributed by atoms with Gasteiger partial charge in [-0.05, 0) is 0 Å². The number of nitrogens with zero attached hydrogens (tertiary/aromatic N) is 4. The third kappa shape index (κ3) is 2.22. The summed E-state index contributed by atoms with van der Waals surface area (Å²) in [6.45, 7) is 2.14. The summed E-state index contributed by atoms with van der Waals surface area (Å²) in [6.07, 6.45) is -0.878. The van der Waals surface area contributed by atoms with Crippen molar-refractivity contribution in [3.8, 4) is 0 Å². The number of anilines is 1. The summed E-state index contributed by atoms with van der Waals surface area (Å²) in [5.74, 6) is 0.759. The Balaban J connectivity index is 1.92. The zero-order valence-electron chi connectivity index (χ0n) is 10.7. The van der Waals surface area contributed by atoms with Gasteiger partial charge in [0.05, 0.1) is 0 Å². The molecule has 0 unspecified atom stereocenters. The number of carbonyl (C=O) groups is 1. The molecule has 1 saturated heterocycles. The summed E-state index contributed by atoms with van der Waals surface area (Å²) in [4.78, 5) is 14.4. The van der Waals surface area contributed by atoms with Gasteiger partial charge in [-0.3, -0.25) is 0 Å². The highest BCUT2D eigenvalue weighted by molar-refractivity contribution is 6.34. The second-order valence-corrected chi connectivity index (χ2v) is 4.97. The van der Waals surface area contributed by atoms with Crippen molar-refractivity contribution in [3.05, 3.63) is 29.4 Å². The Labute approximate surface area is 120 Å². The lowest BCUT2D eigenvalue weighted by atomic mass is 10.1. The van der Waals surface area contributed by atoms with Crippen molar-refractivity contribution >= 4 is 34.3 Å². The zero-order chi connectivity index (χ0) is 14.1. The first-order valence-electron chi connectivity index (χ1n) is 6.30. The molecule has 20 heavy (non-hydrogen) atoms. The van der Waals surface area contributed by atoms with Gasteiger partial charge in [0.1, 0.15) is 0 Å². The van der Waals surface area contributed by atoms with Crippen molar-refractivity contribution in [1.29, 1.82) is 0 Å². The number of hydrogen-bond donors (Lipinski definition) is 1. The fourth-order valence-electron chi connectivity index (χ4n) is 2.40. The third-order valence-electron chi connectivity index (χ3n) is 3.47. The van der Waals surface area contributed by atoms with Gasteiger partial charge in [0, 0.05) is 37.0 Å². The predicted octanol–water partition coefficient (Wildman–Crippen LogP) is 2.08. The first-order chi connectivity index (χ1) is 9.66. The van der Waals surface area contributed by atoms with E-state index in [0.717, 1.165) is 16.6 Å². The van der Waals surface area contributed by atoms with Crippen LogP contribution in [0.5, 0.6) is 0 Å². The number of amides is 1. The Hall–Kier alpha value is -2.08. The summed E-state index contributed by atoms with van der Waals surface area (Å²) in [5.41, 5.74) is 0. The van der Waals surface area contributed by atoms with Crippen LogP contribution in [0.1, 0.15) is 0 Å². The van der Waals surface area contributed by atoms with E-state index in [2.05, 4.69) is 10.2 Å². The molecule has 7 heteroatoms. The molecule has 0 radical (unpaired) electrons. The molecular formula is C13H13ClN4O2. The van der Waals surface area contributed by atoms with E-state index in [-0.39, 0.29) is 0 Å². The predicted molar refractivity (Wildman–Crippen MR) is 76.4 cm³/mol. The quantitative estimate of drug-likeness (QED) is 0.871. The Bertz CT molecular complexity index is 656. The average Bonchev–Trinajstić information content (AvgIpc) is 2.48. The summed E-state index contributed by atoms with van der Waals surface area (Å²) in [5, 5.41) is 19.3. The van der Waals surface area contributed by atoms with Crippen LogP contribution in [0, 0.1) is 0 Å². The summed E-state index contributed by atoms with van der Waals surface area (Å²) in [7, 11) is 0. The van der Waals surface area contributed by atoms with Crippen molar-refractivity contribution in [2.24, 2.45) is 0 Å². The number of fused-ring (bicyclic) bond motifs is 1. The summed E-state index contributed by atoms with van der Waals surface area (Å²) in [6, 6.07) is 7.69. The molecule has 1 aromatic carbocycles. The minimum atomic E-state index is -0.878. The van der Waals surface area contributed by atoms with Gasteiger partial charge in [-0.1, -0.05) is 35.9 Å². The van der Waals surface area contributed by atoms with Crippen LogP contribution in [0.15, 0.2) is 24.3 Å². The highest BCUT2D eigenvalue weighted by Crippen LogP contribution is 2.28. The van der Waals surface area contributed by atoms with Crippen LogP contribution in [0.25, 0.3) is 10.8 Å². The zero-order valence-corrected chi connectivity index (χ0v) is 11.4. The molecule has 1 aliphatic heterocycles. The fraction of sp³-hybridized carbons (Fsp3) is 0.308. The number of halogens is 1. The SMILES string of the molecule is O=C(O)N1CCN(c2nnc(Cl)c3ccccc23)CC1. The van der Waals surface area contributed by atoms with Crippen LogP contribution >= 0.6 is 11.6 Å². The molecule has 1 aliphatic rings. The molecule has 0 atom stereocenters. The van der Waals surface area contributed by atoms with Crippen molar-refractivity contribution in [1.82, 2.24) is 15.1 Å². The molecule has 1 amide bonds. The van der Waals surface area contributed by atoms with E-state index in [1.165, 1.54) is 4.90 Å². The molecular weight excluding hydrogens is 280 g/mol. The monoisotopic (exact) mass is 292 g/mol. The minimum Gasteiger partial charge on any atom is -0.465 e. The van der Waals surface area contributed by atoms with E-state index >= 15 is 0 Å². The normalized spacial score (nSPS) is 15.7. The first-order valence-corrected chi connectivity index (χ1v) is 6.68. The van der Waals surface area contributed by atoms with Crippen LogP contribution in [0.2, 0.25) is 5.15 Å². The van der Waals surface area contributed by atoms with Crippen molar-refractivity contribution in [3.63, 3.8) is 0 Å². The lowest BCUT2D eigenvalue weighted by Gasteiger charge is -2.34. The fourth-order valence-corrected chi connectivity index (χ4v) is 2.60. The van der Waals surface area contributed by atoms with Crippen molar-refractivity contribution in [2.45, 2.75) is 0 Å². The largest absolute Gasteiger partial charge is 0.465 e. The highest BCUT2D eigenvalue weighted by atomic mass is 35.5. The number of carboxylic acid groups (broad SMARTS) is 1.